The maximum absolute atomic E-state index is 10.5. The van der Waals surface area contributed by atoms with Crippen LogP contribution in [-0.4, -0.2) is 12.2 Å². The Morgan fingerprint density at radius 2 is 2.33 bits per heavy atom. The average Bonchev–Trinajstić information content (AvgIpc) is 2.34. The van der Waals surface area contributed by atoms with E-state index in [0.717, 1.165) is 9.94 Å². The van der Waals surface area contributed by atoms with Gasteiger partial charge in [-0.1, -0.05) is 0 Å². The summed E-state index contributed by atoms with van der Waals surface area (Å²) < 4.78 is 4.95. The van der Waals surface area contributed by atoms with E-state index in [1.807, 2.05) is 12.1 Å². The molecule has 1 aromatic heterocycles. The van der Waals surface area contributed by atoms with E-state index in [-0.39, 0.29) is 34.7 Å². The molecule has 0 amide bonds. The molecule has 0 aliphatic carbocycles. The quantitative estimate of drug-likeness (QED) is 0.443. The summed E-state index contributed by atoms with van der Waals surface area (Å²) in [5.74, 6) is 0. The Morgan fingerprint density at radius 3 is 2.75 bits per heavy atom. The van der Waals surface area contributed by atoms with Gasteiger partial charge in [-0.3, -0.25) is 0 Å². The fraction of sp³-hybridized carbons (Fsp3) is 0.286. The van der Waals surface area contributed by atoms with E-state index in [1.165, 1.54) is 11.3 Å². The van der Waals surface area contributed by atoms with E-state index >= 15 is 0 Å². The van der Waals surface area contributed by atoms with Gasteiger partial charge in [0.15, 0.2) is 5.06 Å². The zero-order valence-corrected chi connectivity index (χ0v) is 10.6. The van der Waals surface area contributed by atoms with Gasteiger partial charge in [-0.15, -0.1) is 11.3 Å². The van der Waals surface area contributed by atoms with Crippen LogP contribution in [-0.2, 0) is 23.8 Å². The van der Waals surface area contributed by atoms with Crippen LogP contribution in [0, 0.1) is 0 Å². The number of ether oxygens (including phenoxy) is 1. The smallest absolute Gasteiger partial charge is 0.742 e. The molecule has 1 heterocycles. The number of hydrogen-bond donors (Lipinski definition) is 0. The minimum atomic E-state index is -0.227. The predicted molar refractivity (Wildman–Crippen MR) is 46.9 cm³/mol. The molecule has 1 rings (SSSR count). The second-order valence-corrected chi connectivity index (χ2v) is 3.56. The third-order valence-corrected chi connectivity index (χ3v) is 2.35. The van der Waals surface area contributed by atoms with E-state index in [0.29, 0.717) is 6.42 Å². The van der Waals surface area contributed by atoms with E-state index in [9.17, 15) is 4.79 Å². The van der Waals surface area contributed by atoms with Crippen LogP contribution in [0.15, 0.2) is 12.1 Å². The summed E-state index contributed by atoms with van der Waals surface area (Å²) in [5, 5.41) is 0.589. The fourth-order valence-electron chi connectivity index (χ4n) is 0.705. The molecule has 0 aromatic carbocycles. The van der Waals surface area contributed by atoms with Gasteiger partial charge in [-0.25, -0.2) is 0 Å². The Labute approximate surface area is 103 Å². The molecule has 1 aromatic rings. The summed E-state index contributed by atoms with van der Waals surface area (Å²) in [6.45, 7) is 0. The molecule has 0 fully saturated rings. The molecule has 0 unspecified atom stereocenters. The van der Waals surface area contributed by atoms with Gasteiger partial charge >= 0.3 is 29.6 Å². The van der Waals surface area contributed by atoms with Crippen molar-refractivity contribution < 1.29 is 39.1 Å². The number of carbonyl (C=O) groups is 1. The number of rotatable bonds is 3. The molecule has 0 saturated heterocycles. The van der Waals surface area contributed by atoms with Crippen molar-refractivity contribution in [2.45, 2.75) is 6.42 Å². The van der Waals surface area contributed by atoms with Crippen LogP contribution in [0.3, 0.4) is 0 Å². The topological polar surface area (TPSA) is 26.3 Å². The Kier molecular flexibility index (Phi) is 6.13. The van der Waals surface area contributed by atoms with Crippen molar-refractivity contribution in [1.82, 2.24) is 0 Å². The van der Waals surface area contributed by atoms with Crippen molar-refractivity contribution in [3.8, 4) is 5.06 Å². The summed E-state index contributed by atoms with van der Waals surface area (Å²) in [5.41, 5.74) is 0. The second kappa shape index (κ2) is 5.94. The number of thiophene rings is 1. The standard InChI is InChI=1S/C7H8O2S2.Na/c1-9-7-3-2-5(11-7)4-6(8)10;/h2-3H,4H2,1H3,(H,8,10);/q;+1/p-1. The molecule has 0 atom stereocenters. The predicted octanol–water partition coefficient (Wildman–Crippen LogP) is -1.62. The zero-order valence-electron chi connectivity index (χ0n) is 6.99. The number of methoxy groups -OCH3 is 1. The first-order chi connectivity index (χ1) is 5.22. The Hall–Kier alpha value is 0.390. The van der Waals surface area contributed by atoms with Gasteiger partial charge in [0.05, 0.1) is 7.11 Å². The Balaban J connectivity index is 0.00000121. The van der Waals surface area contributed by atoms with E-state index in [4.69, 9.17) is 4.74 Å². The van der Waals surface area contributed by atoms with Crippen LogP contribution in [0.5, 0.6) is 5.06 Å². The fourth-order valence-corrected chi connectivity index (χ4v) is 1.77. The van der Waals surface area contributed by atoms with Crippen molar-refractivity contribution in [1.29, 1.82) is 0 Å². The van der Waals surface area contributed by atoms with E-state index in [2.05, 4.69) is 12.6 Å². The molecular formula is C7H7NaO2S2. The molecule has 0 radical (unpaired) electrons. The number of hydrogen-bond acceptors (Lipinski definition) is 4. The van der Waals surface area contributed by atoms with Gasteiger partial charge in [-0.05, 0) is 12.1 Å². The normalized spacial score (nSPS) is 8.75. The third-order valence-electron chi connectivity index (χ3n) is 1.16. The third kappa shape index (κ3) is 3.87. The van der Waals surface area contributed by atoms with Crippen molar-refractivity contribution in [2.24, 2.45) is 0 Å². The monoisotopic (exact) mass is 210 g/mol. The van der Waals surface area contributed by atoms with Gasteiger partial charge < -0.3 is 22.2 Å². The zero-order chi connectivity index (χ0) is 8.27. The minimum Gasteiger partial charge on any atom is -0.742 e. The maximum Gasteiger partial charge on any atom is 1.00 e. The molecule has 0 saturated carbocycles. The molecule has 0 bridgehead atoms. The van der Waals surface area contributed by atoms with Crippen LogP contribution in [0.2, 0.25) is 0 Å². The Bertz CT molecular complexity index is 260. The minimum absolute atomic E-state index is 0. The molecule has 0 N–H and O–H groups in total. The van der Waals surface area contributed by atoms with Crippen LogP contribution >= 0.6 is 11.3 Å². The van der Waals surface area contributed by atoms with E-state index in [1.54, 1.807) is 7.11 Å². The summed E-state index contributed by atoms with van der Waals surface area (Å²) in [7, 11) is 1.60. The van der Waals surface area contributed by atoms with Crippen LogP contribution < -0.4 is 34.3 Å². The Morgan fingerprint density at radius 1 is 1.67 bits per heavy atom. The van der Waals surface area contributed by atoms with Crippen LogP contribution in [0.4, 0.5) is 0 Å². The molecule has 0 aliphatic rings. The first kappa shape index (κ1) is 12.4. The molecule has 5 heteroatoms. The molecular weight excluding hydrogens is 203 g/mol. The molecule has 2 nitrogen and oxygen atoms in total. The molecule has 12 heavy (non-hydrogen) atoms. The second-order valence-electron chi connectivity index (χ2n) is 1.97. The summed E-state index contributed by atoms with van der Waals surface area (Å²) in [6, 6.07) is 3.69. The van der Waals surface area contributed by atoms with Gasteiger partial charge in [0.1, 0.15) is 0 Å². The van der Waals surface area contributed by atoms with E-state index < -0.39 is 0 Å². The largest absolute Gasteiger partial charge is 1.00 e. The number of carbonyl (C=O) groups excluding carboxylic acids is 1. The SMILES string of the molecule is COc1ccc(CC(=O)[S-])s1.[Na+]. The van der Waals surface area contributed by atoms with Crippen molar-refractivity contribution in [3.63, 3.8) is 0 Å². The molecule has 60 valence electrons. The molecule has 0 aliphatic heterocycles. The van der Waals surface area contributed by atoms with Crippen LogP contribution in [0.1, 0.15) is 4.88 Å². The van der Waals surface area contributed by atoms with Gasteiger partial charge in [-0.2, -0.15) is 0 Å². The van der Waals surface area contributed by atoms with Gasteiger partial charge in [0.2, 0.25) is 0 Å². The van der Waals surface area contributed by atoms with Gasteiger partial charge in [0, 0.05) is 16.4 Å². The summed E-state index contributed by atoms with van der Waals surface area (Å²) in [6.07, 6.45) is 0.337. The summed E-state index contributed by atoms with van der Waals surface area (Å²) in [4.78, 5) is 11.5. The average molecular weight is 210 g/mol. The summed E-state index contributed by atoms with van der Waals surface area (Å²) >= 11 is 5.88. The first-order valence-electron chi connectivity index (χ1n) is 3.05. The molecule has 0 spiro atoms. The van der Waals surface area contributed by atoms with Gasteiger partial charge in [0.25, 0.3) is 0 Å². The first-order valence-corrected chi connectivity index (χ1v) is 4.27. The maximum atomic E-state index is 10.5. The van der Waals surface area contributed by atoms with Crippen LogP contribution in [0.25, 0.3) is 0 Å². The van der Waals surface area contributed by atoms with Crippen molar-refractivity contribution >= 4 is 29.1 Å². The van der Waals surface area contributed by atoms with Crippen molar-refractivity contribution in [2.75, 3.05) is 7.11 Å². The van der Waals surface area contributed by atoms with Crippen molar-refractivity contribution in [3.05, 3.63) is 17.0 Å².